The van der Waals surface area contributed by atoms with E-state index in [4.69, 9.17) is 14.2 Å². The predicted molar refractivity (Wildman–Crippen MR) is 105 cm³/mol. The number of hydrogen-bond acceptors (Lipinski definition) is 6. The molecule has 0 bridgehead atoms. The van der Waals surface area contributed by atoms with Gasteiger partial charge in [-0.25, -0.2) is 0 Å². The van der Waals surface area contributed by atoms with E-state index in [-0.39, 0.29) is 5.78 Å². The van der Waals surface area contributed by atoms with Crippen LogP contribution >= 0.6 is 0 Å². The Morgan fingerprint density at radius 2 is 1.83 bits per heavy atom. The van der Waals surface area contributed by atoms with Gasteiger partial charge in [0, 0.05) is 17.7 Å². The molecule has 1 unspecified atom stereocenters. The summed E-state index contributed by atoms with van der Waals surface area (Å²) in [5, 5.41) is 12.4. The van der Waals surface area contributed by atoms with Gasteiger partial charge >= 0.3 is 0 Å². The average Bonchev–Trinajstić information content (AvgIpc) is 3.08. The van der Waals surface area contributed by atoms with Crippen molar-refractivity contribution in [2.45, 2.75) is 32.2 Å². The molecule has 2 N–H and O–H groups in total. The van der Waals surface area contributed by atoms with Crippen LogP contribution in [0.3, 0.4) is 0 Å². The van der Waals surface area contributed by atoms with Crippen molar-refractivity contribution in [2.24, 2.45) is 0 Å². The molecule has 29 heavy (non-hydrogen) atoms. The van der Waals surface area contributed by atoms with Gasteiger partial charge in [0.15, 0.2) is 17.3 Å². The van der Waals surface area contributed by atoms with Crippen molar-refractivity contribution >= 4 is 11.7 Å². The van der Waals surface area contributed by atoms with Crippen molar-refractivity contribution in [3.63, 3.8) is 0 Å². The highest BCUT2D eigenvalue weighted by Gasteiger charge is 2.28. The summed E-state index contributed by atoms with van der Waals surface area (Å²) in [7, 11) is 4.44. The number of benzene rings is 1. The Kier molecular flexibility index (Phi) is 5.78. The third-order valence-electron chi connectivity index (χ3n) is 5.09. The molecule has 0 radical (unpaired) electrons. The average molecular weight is 397 g/mol. The Balaban J connectivity index is 1.92. The van der Waals surface area contributed by atoms with E-state index in [0.717, 1.165) is 18.5 Å². The van der Waals surface area contributed by atoms with Gasteiger partial charge in [-0.1, -0.05) is 0 Å². The number of carbonyl (C=O) groups excluding carboxylic acids is 2. The second kappa shape index (κ2) is 8.27. The Morgan fingerprint density at radius 1 is 1.17 bits per heavy atom. The van der Waals surface area contributed by atoms with Gasteiger partial charge in [-0.3, -0.25) is 9.59 Å². The van der Waals surface area contributed by atoms with Gasteiger partial charge in [-0.15, -0.1) is 0 Å². The number of fused-ring (bicyclic) bond motifs is 1. The minimum absolute atomic E-state index is 0.0421. The number of methoxy groups -OCH3 is 3. The van der Waals surface area contributed by atoms with Crippen molar-refractivity contribution in [2.75, 3.05) is 21.3 Å². The Bertz CT molecular complexity index is 977. The molecule has 1 atom stereocenters. The van der Waals surface area contributed by atoms with Gasteiger partial charge < -0.3 is 24.5 Å². The molecule has 1 aromatic carbocycles. The molecule has 1 amide bonds. The first-order valence-corrected chi connectivity index (χ1v) is 9.20. The van der Waals surface area contributed by atoms with Crippen LogP contribution in [0, 0.1) is 18.3 Å². The largest absolute Gasteiger partial charge is 0.493 e. The number of aryl methyl sites for hydroxylation is 1. The van der Waals surface area contributed by atoms with E-state index in [1.54, 1.807) is 19.1 Å². The molecule has 3 rings (SSSR count). The van der Waals surface area contributed by atoms with Gasteiger partial charge in [-0.2, -0.15) is 5.26 Å². The summed E-state index contributed by atoms with van der Waals surface area (Å²) in [6.07, 6.45) is 1.97. The monoisotopic (exact) mass is 397 g/mol. The number of carbonyl (C=O) groups is 2. The number of nitriles is 1. The van der Waals surface area contributed by atoms with Gasteiger partial charge in [0.05, 0.1) is 27.4 Å². The molecule has 1 heterocycles. The Hall–Kier alpha value is -3.47. The summed E-state index contributed by atoms with van der Waals surface area (Å²) in [4.78, 5) is 28.1. The van der Waals surface area contributed by atoms with Gasteiger partial charge in [0.2, 0.25) is 5.75 Å². The van der Waals surface area contributed by atoms with Crippen molar-refractivity contribution < 1.29 is 23.8 Å². The maximum absolute atomic E-state index is 12.9. The Labute approximate surface area is 168 Å². The van der Waals surface area contributed by atoms with Crippen LogP contribution < -0.4 is 19.5 Å². The first-order chi connectivity index (χ1) is 13.9. The molecule has 0 saturated heterocycles. The minimum atomic E-state index is -0.952. The lowest BCUT2D eigenvalue weighted by Crippen LogP contribution is -2.28. The van der Waals surface area contributed by atoms with Gasteiger partial charge in [-0.05, 0) is 43.0 Å². The number of nitrogens with zero attached hydrogens (tertiary/aromatic N) is 1. The van der Waals surface area contributed by atoms with Crippen molar-refractivity contribution in [1.29, 1.82) is 5.26 Å². The molecule has 8 nitrogen and oxygen atoms in total. The van der Waals surface area contributed by atoms with E-state index in [1.807, 2.05) is 0 Å². The number of amides is 1. The fourth-order valence-electron chi connectivity index (χ4n) is 3.66. The maximum Gasteiger partial charge on any atom is 0.269 e. The van der Waals surface area contributed by atoms with Crippen LogP contribution in [0.4, 0.5) is 0 Å². The highest BCUT2D eigenvalue weighted by molar-refractivity contribution is 6.04. The molecule has 1 aliphatic carbocycles. The van der Waals surface area contributed by atoms with Crippen LogP contribution in [0.25, 0.3) is 0 Å². The Morgan fingerprint density at radius 3 is 2.34 bits per heavy atom. The van der Waals surface area contributed by atoms with Crippen LogP contribution in [0.1, 0.15) is 56.6 Å². The molecule has 0 spiro atoms. The van der Waals surface area contributed by atoms with Crippen molar-refractivity contribution in [1.82, 2.24) is 10.3 Å². The van der Waals surface area contributed by atoms with E-state index < -0.39 is 11.9 Å². The van der Waals surface area contributed by atoms with Crippen molar-refractivity contribution in [3.8, 4) is 23.3 Å². The molecule has 8 heteroatoms. The summed E-state index contributed by atoms with van der Waals surface area (Å²) in [5.41, 5.74) is 2.79. The van der Waals surface area contributed by atoms with E-state index in [2.05, 4.69) is 16.4 Å². The summed E-state index contributed by atoms with van der Waals surface area (Å²) < 4.78 is 15.9. The number of aromatic amines is 1. The smallest absolute Gasteiger partial charge is 0.269 e. The highest BCUT2D eigenvalue weighted by atomic mass is 16.5. The van der Waals surface area contributed by atoms with Crippen LogP contribution in [0.15, 0.2) is 12.1 Å². The number of Topliss-reactive ketones (excluding diaryl/α,β-unsaturated/α-hetero) is 1. The molecular formula is C21H23N3O5. The number of aromatic nitrogens is 1. The standard InChI is InChI=1S/C21H23N3O5/c1-11-18-13(6-5-7-15(18)25)23-19(11)21(26)24-14(10-22)12-8-16(27-2)20(29-4)17(9-12)28-3/h8-9,14,23H,5-7H2,1-4H3,(H,24,26). The number of nitrogens with one attached hydrogen (secondary N) is 2. The molecule has 0 aliphatic heterocycles. The third kappa shape index (κ3) is 3.63. The summed E-state index contributed by atoms with van der Waals surface area (Å²) in [6.45, 7) is 1.74. The van der Waals surface area contributed by atoms with Crippen LogP contribution in [0.2, 0.25) is 0 Å². The molecule has 152 valence electrons. The van der Waals surface area contributed by atoms with Gasteiger partial charge in [0.1, 0.15) is 11.7 Å². The second-order valence-electron chi connectivity index (χ2n) is 6.75. The number of ketones is 1. The van der Waals surface area contributed by atoms with Crippen molar-refractivity contribution in [3.05, 3.63) is 40.2 Å². The first kappa shape index (κ1) is 20.3. The molecule has 0 fully saturated rings. The van der Waals surface area contributed by atoms with E-state index in [1.165, 1.54) is 21.3 Å². The predicted octanol–water partition coefficient (Wildman–Crippen LogP) is 2.86. The lowest BCUT2D eigenvalue weighted by Gasteiger charge is -2.17. The van der Waals surface area contributed by atoms with Crippen LogP contribution in [0.5, 0.6) is 17.2 Å². The van der Waals surface area contributed by atoms with Crippen LogP contribution in [-0.4, -0.2) is 38.0 Å². The topological polar surface area (TPSA) is 113 Å². The fourth-order valence-corrected chi connectivity index (χ4v) is 3.66. The normalized spacial score (nSPS) is 13.8. The second-order valence-corrected chi connectivity index (χ2v) is 6.75. The molecule has 1 aliphatic rings. The molecule has 2 aromatic rings. The van der Waals surface area contributed by atoms with E-state index >= 15 is 0 Å². The number of hydrogen-bond donors (Lipinski definition) is 2. The lowest BCUT2D eigenvalue weighted by atomic mass is 9.94. The quantitative estimate of drug-likeness (QED) is 0.775. The maximum atomic E-state index is 12.9. The zero-order chi connectivity index (χ0) is 21.1. The molecule has 0 saturated carbocycles. The zero-order valence-electron chi connectivity index (χ0n) is 16.8. The number of ether oxygens (including phenoxy) is 3. The third-order valence-corrected chi connectivity index (χ3v) is 5.09. The molecule has 1 aromatic heterocycles. The zero-order valence-corrected chi connectivity index (χ0v) is 16.8. The van der Waals surface area contributed by atoms with Crippen LogP contribution in [-0.2, 0) is 6.42 Å². The minimum Gasteiger partial charge on any atom is -0.493 e. The number of rotatable bonds is 6. The first-order valence-electron chi connectivity index (χ1n) is 9.20. The number of H-pyrrole nitrogens is 1. The fraction of sp³-hybridized carbons (Fsp3) is 0.381. The lowest BCUT2D eigenvalue weighted by molar-refractivity contribution is 0.0939. The SMILES string of the molecule is COc1cc(C(C#N)NC(=O)c2[nH]c3c(c2C)C(=O)CCC3)cc(OC)c1OC. The van der Waals surface area contributed by atoms with E-state index in [9.17, 15) is 14.9 Å². The van der Waals surface area contributed by atoms with E-state index in [0.29, 0.717) is 46.1 Å². The summed E-state index contributed by atoms with van der Waals surface area (Å²) in [6, 6.07) is 4.37. The van der Waals surface area contributed by atoms with Gasteiger partial charge in [0.25, 0.3) is 5.91 Å². The highest BCUT2D eigenvalue weighted by Crippen LogP contribution is 2.39. The summed E-state index contributed by atoms with van der Waals surface area (Å²) in [5.74, 6) is 0.751. The summed E-state index contributed by atoms with van der Waals surface area (Å²) >= 11 is 0. The molecular weight excluding hydrogens is 374 g/mol.